The van der Waals surface area contributed by atoms with Gasteiger partial charge in [0.15, 0.2) is 0 Å². The molecular weight excluding hydrogens is 198 g/mol. The number of carboxylic acids is 1. The molecular formula is C10H13NO2S. The van der Waals surface area contributed by atoms with Crippen LogP contribution in [0.3, 0.4) is 0 Å². The number of thiol groups is 1. The number of carbonyl (C=O) groups is 1. The molecule has 0 aliphatic rings. The van der Waals surface area contributed by atoms with Crippen LogP contribution >= 0.6 is 12.6 Å². The topological polar surface area (TPSA) is 63.3 Å². The Morgan fingerprint density at radius 2 is 2.29 bits per heavy atom. The van der Waals surface area contributed by atoms with Gasteiger partial charge in [-0.15, -0.1) is 12.6 Å². The second-order valence-corrected chi connectivity index (χ2v) is 4.05. The lowest BCUT2D eigenvalue weighted by molar-refractivity contribution is -0.138. The molecule has 1 rings (SSSR count). The zero-order valence-corrected chi connectivity index (χ0v) is 8.79. The van der Waals surface area contributed by atoms with Gasteiger partial charge in [0.25, 0.3) is 0 Å². The summed E-state index contributed by atoms with van der Waals surface area (Å²) in [5, 5.41) is 8.68. The Hall–Kier alpha value is -1.00. The van der Waals surface area contributed by atoms with Gasteiger partial charge in [-0.25, -0.2) is 0 Å². The van der Waals surface area contributed by atoms with Crippen LogP contribution in [0, 0.1) is 0 Å². The molecule has 0 fully saturated rings. The number of carboxylic acid groups (broad SMARTS) is 1. The van der Waals surface area contributed by atoms with Crippen LogP contribution in [-0.4, -0.2) is 11.1 Å². The van der Waals surface area contributed by atoms with Gasteiger partial charge in [0.05, 0.1) is 6.42 Å². The van der Waals surface area contributed by atoms with Crippen molar-refractivity contribution < 1.29 is 9.90 Å². The average molecular weight is 211 g/mol. The molecule has 0 radical (unpaired) electrons. The minimum absolute atomic E-state index is 0.0930. The Bertz CT molecular complexity index is 350. The van der Waals surface area contributed by atoms with Crippen molar-refractivity contribution in [1.82, 2.24) is 0 Å². The normalized spacial score (nSPS) is 14.8. The van der Waals surface area contributed by atoms with E-state index in [0.717, 1.165) is 10.5 Å². The quantitative estimate of drug-likeness (QED) is 0.666. The van der Waals surface area contributed by atoms with Crippen LogP contribution in [0.1, 0.15) is 18.9 Å². The van der Waals surface area contributed by atoms with E-state index in [1.807, 2.05) is 18.2 Å². The minimum Gasteiger partial charge on any atom is -0.481 e. The summed E-state index contributed by atoms with van der Waals surface area (Å²) in [6, 6.07) is 7.22. The maximum absolute atomic E-state index is 10.6. The summed E-state index contributed by atoms with van der Waals surface area (Å²) in [7, 11) is 0. The van der Waals surface area contributed by atoms with Gasteiger partial charge in [0, 0.05) is 10.4 Å². The third-order valence-corrected chi connectivity index (χ3v) is 2.30. The predicted octanol–water partition coefficient (Wildman–Crippen LogP) is 1.62. The molecule has 1 aromatic carbocycles. The van der Waals surface area contributed by atoms with E-state index in [4.69, 9.17) is 10.8 Å². The molecule has 0 bridgehead atoms. The molecule has 0 amide bonds. The van der Waals surface area contributed by atoms with E-state index in [1.165, 1.54) is 0 Å². The SMILES string of the molecule is C[C@@](N)(CC(=O)O)c1cccc(S)c1. The Labute approximate surface area is 88.3 Å². The minimum atomic E-state index is -0.903. The van der Waals surface area contributed by atoms with E-state index in [1.54, 1.807) is 13.0 Å². The van der Waals surface area contributed by atoms with E-state index >= 15 is 0 Å². The highest BCUT2D eigenvalue weighted by Crippen LogP contribution is 2.23. The molecule has 0 saturated carbocycles. The number of hydrogen-bond acceptors (Lipinski definition) is 3. The molecule has 0 aliphatic heterocycles. The highest BCUT2D eigenvalue weighted by molar-refractivity contribution is 7.80. The number of benzene rings is 1. The van der Waals surface area contributed by atoms with Crippen molar-refractivity contribution in [2.75, 3.05) is 0 Å². The van der Waals surface area contributed by atoms with E-state index in [0.29, 0.717) is 0 Å². The summed E-state index contributed by atoms with van der Waals surface area (Å²) < 4.78 is 0. The standard InChI is InChI=1S/C10H13NO2S/c1-10(11,6-9(12)13)7-3-2-4-8(14)5-7/h2-5,14H,6,11H2,1H3,(H,12,13)/t10-/m1/s1. The van der Waals surface area contributed by atoms with Crippen molar-refractivity contribution in [1.29, 1.82) is 0 Å². The molecule has 3 nitrogen and oxygen atoms in total. The first-order chi connectivity index (χ1) is 6.42. The van der Waals surface area contributed by atoms with Crippen molar-refractivity contribution in [3.63, 3.8) is 0 Å². The highest BCUT2D eigenvalue weighted by Gasteiger charge is 2.24. The van der Waals surface area contributed by atoms with E-state index in [-0.39, 0.29) is 6.42 Å². The first-order valence-corrected chi connectivity index (χ1v) is 4.67. The van der Waals surface area contributed by atoms with Crippen molar-refractivity contribution in [2.45, 2.75) is 23.8 Å². The van der Waals surface area contributed by atoms with E-state index in [9.17, 15) is 4.79 Å². The summed E-state index contributed by atoms with van der Waals surface area (Å²) in [5.41, 5.74) is 5.84. The van der Waals surface area contributed by atoms with Crippen LogP contribution in [0.4, 0.5) is 0 Å². The van der Waals surface area contributed by atoms with Gasteiger partial charge in [0.1, 0.15) is 0 Å². The fraction of sp³-hybridized carbons (Fsp3) is 0.300. The molecule has 0 unspecified atom stereocenters. The summed E-state index contributed by atoms with van der Waals surface area (Å²) >= 11 is 4.17. The van der Waals surface area contributed by atoms with E-state index < -0.39 is 11.5 Å². The molecule has 0 spiro atoms. The highest BCUT2D eigenvalue weighted by atomic mass is 32.1. The van der Waals surface area contributed by atoms with Gasteiger partial charge in [0.2, 0.25) is 0 Å². The Morgan fingerprint density at radius 3 is 2.79 bits per heavy atom. The molecule has 1 atom stereocenters. The lowest BCUT2D eigenvalue weighted by Gasteiger charge is -2.23. The Kier molecular flexibility index (Phi) is 3.18. The monoisotopic (exact) mass is 211 g/mol. The third kappa shape index (κ3) is 2.75. The van der Waals surface area contributed by atoms with Gasteiger partial charge in [-0.3, -0.25) is 4.79 Å². The zero-order valence-electron chi connectivity index (χ0n) is 7.90. The lowest BCUT2D eigenvalue weighted by Crippen LogP contribution is -2.35. The zero-order chi connectivity index (χ0) is 10.8. The smallest absolute Gasteiger partial charge is 0.305 e. The second kappa shape index (κ2) is 4.02. The van der Waals surface area contributed by atoms with Gasteiger partial charge < -0.3 is 10.8 Å². The largest absolute Gasteiger partial charge is 0.481 e. The molecule has 1 aromatic rings. The third-order valence-electron chi connectivity index (χ3n) is 2.02. The number of rotatable bonds is 3. The van der Waals surface area contributed by atoms with Crippen LogP contribution in [-0.2, 0) is 10.3 Å². The Balaban J connectivity index is 2.97. The van der Waals surface area contributed by atoms with E-state index in [2.05, 4.69) is 12.6 Å². The van der Waals surface area contributed by atoms with Crippen LogP contribution in [0.25, 0.3) is 0 Å². The maximum Gasteiger partial charge on any atom is 0.305 e. The fourth-order valence-corrected chi connectivity index (χ4v) is 1.50. The van der Waals surface area contributed by atoms with Crippen molar-refractivity contribution in [3.8, 4) is 0 Å². The van der Waals surface area contributed by atoms with Gasteiger partial charge in [-0.1, -0.05) is 12.1 Å². The average Bonchev–Trinajstić information content (AvgIpc) is 2.01. The molecule has 0 heterocycles. The molecule has 0 aliphatic carbocycles. The first-order valence-electron chi connectivity index (χ1n) is 4.22. The van der Waals surface area contributed by atoms with Crippen LogP contribution < -0.4 is 5.73 Å². The Morgan fingerprint density at radius 1 is 1.64 bits per heavy atom. The molecule has 3 N–H and O–H groups in total. The summed E-state index contributed by atoms with van der Waals surface area (Å²) in [4.78, 5) is 11.4. The maximum atomic E-state index is 10.6. The van der Waals surface area contributed by atoms with Crippen molar-refractivity contribution in [3.05, 3.63) is 29.8 Å². The summed E-state index contributed by atoms with van der Waals surface area (Å²) in [5.74, 6) is -0.903. The number of nitrogens with two attached hydrogens (primary N) is 1. The molecule has 14 heavy (non-hydrogen) atoms. The lowest BCUT2D eigenvalue weighted by atomic mass is 9.90. The second-order valence-electron chi connectivity index (χ2n) is 3.54. The van der Waals surface area contributed by atoms with Gasteiger partial charge >= 0.3 is 5.97 Å². The molecule has 0 saturated heterocycles. The summed E-state index contributed by atoms with van der Waals surface area (Å²) in [6.45, 7) is 1.70. The summed E-state index contributed by atoms with van der Waals surface area (Å²) in [6.07, 6.45) is -0.0930. The van der Waals surface area contributed by atoms with Crippen LogP contribution in [0.5, 0.6) is 0 Å². The van der Waals surface area contributed by atoms with Crippen molar-refractivity contribution in [2.24, 2.45) is 5.73 Å². The van der Waals surface area contributed by atoms with Gasteiger partial charge in [-0.2, -0.15) is 0 Å². The molecule has 4 heteroatoms. The fourth-order valence-electron chi connectivity index (χ4n) is 1.28. The number of aliphatic carboxylic acids is 1. The first kappa shape index (κ1) is 11.1. The van der Waals surface area contributed by atoms with Crippen LogP contribution in [0.15, 0.2) is 29.2 Å². The number of hydrogen-bond donors (Lipinski definition) is 3. The van der Waals surface area contributed by atoms with Crippen molar-refractivity contribution >= 4 is 18.6 Å². The predicted molar refractivity (Wildman–Crippen MR) is 57.5 cm³/mol. The molecule has 76 valence electrons. The van der Waals surface area contributed by atoms with Gasteiger partial charge in [-0.05, 0) is 24.6 Å². The van der Waals surface area contributed by atoms with Crippen LogP contribution in [0.2, 0.25) is 0 Å². The molecule has 0 aromatic heterocycles.